The summed E-state index contributed by atoms with van der Waals surface area (Å²) in [5.41, 5.74) is 0.785. The second-order valence-electron chi connectivity index (χ2n) is 4.02. The van der Waals surface area contributed by atoms with E-state index in [9.17, 15) is 18.0 Å². The number of alkyl halides is 3. The molecule has 0 aliphatic carbocycles. The summed E-state index contributed by atoms with van der Waals surface area (Å²) in [6.07, 6.45) is -4.40. The zero-order chi connectivity index (χ0) is 14.5. The van der Waals surface area contributed by atoms with Crippen molar-refractivity contribution >= 4 is 17.5 Å². The number of carbonyl (C=O) groups is 1. The second kappa shape index (κ2) is 6.77. The number of benzene rings is 1. The number of halogens is 4. The van der Waals surface area contributed by atoms with Gasteiger partial charge in [0.2, 0.25) is 5.91 Å². The Kier molecular flexibility index (Phi) is 5.62. The number of carbonyl (C=O) groups excluding carboxylic acids is 1. The topological polar surface area (TPSA) is 41.1 Å². The molecule has 2 N–H and O–H groups in total. The van der Waals surface area contributed by atoms with Crippen LogP contribution in [-0.2, 0) is 4.79 Å². The van der Waals surface area contributed by atoms with Crippen molar-refractivity contribution < 1.29 is 18.0 Å². The third-order valence-electron chi connectivity index (χ3n) is 2.43. The van der Waals surface area contributed by atoms with Gasteiger partial charge in [-0.15, -0.1) is 0 Å². The van der Waals surface area contributed by atoms with Gasteiger partial charge in [0, 0.05) is 11.1 Å². The summed E-state index contributed by atoms with van der Waals surface area (Å²) in [6.45, 7) is 0.245. The molecule has 7 heteroatoms. The van der Waals surface area contributed by atoms with Gasteiger partial charge in [0.1, 0.15) is 6.54 Å². The average Bonchev–Trinajstić information content (AvgIpc) is 2.33. The summed E-state index contributed by atoms with van der Waals surface area (Å²) < 4.78 is 35.6. The number of amides is 1. The van der Waals surface area contributed by atoms with Gasteiger partial charge < -0.3 is 10.6 Å². The quantitative estimate of drug-likeness (QED) is 0.876. The molecule has 0 aliphatic rings. The van der Waals surface area contributed by atoms with Crippen molar-refractivity contribution in [3.8, 4) is 0 Å². The van der Waals surface area contributed by atoms with Crippen molar-refractivity contribution in [2.45, 2.75) is 19.1 Å². The molecule has 0 saturated heterocycles. The highest BCUT2D eigenvalue weighted by Crippen LogP contribution is 2.21. The smallest absolute Gasteiger partial charge is 0.346 e. The fourth-order valence-electron chi connectivity index (χ4n) is 1.44. The van der Waals surface area contributed by atoms with Gasteiger partial charge in [0.25, 0.3) is 0 Å². The molecule has 0 bridgehead atoms. The van der Waals surface area contributed by atoms with Gasteiger partial charge in [-0.05, 0) is 18.6 Å². The maximum Gasteiger partial charge on any atom is 0.405 e. The van der Waals surface area contributed by atoms with Gasteiger partial charge in [0.05, 0.1) is 6.54 Å². The van der Waals surface area contributed by atoms with Crippen LogP contribution in [0.3, 0.4) is 0 Å². The van der Waals surface area contributed by atoms with Crippen LogP contribution in [0.15, 0.2) is 24.3 Å². The Hall–Kier alpha value is -1.27. The largest absolute Gasteiger partial charge is 0.405 e. The molecule has 1 amide bonds. The fourth-order valence-corrected chi connectivity index (χ4v) is 1.74. The van der Waals surface area contributed by atoms with E-state index in [0.717, 1.165) is 5.56 Å². The molecular weight excluding hydrogens is 281 g/mol. The molecule has 0 spiro atoms. The predicted molar refractivity (Wildman–Crippen MR) is 66.9 cm³/mol. The van der Waals surface area contributed by atoms with E-state index in [2.05, 4.69) is 5.32 Å². The highest BCUT2D eigenvalue weighted by atomic mass is 35.5. The minimum atomic E-state index is -4.40. The van der Waals surface area contributed by atoms with Crippen LogP contribution >= 0.6 is 11.6 Å². The van der Waals surface area contributed by atoms with Crippen molar-refractivity contribution in [3.63, 3.8) is 0 Å². The van der Waals surface area contributed by atoms with E-state index in [1.165, 1.54) is 0 Å². The Labute approximate surface area is 114 Å². The maximum atomic E-state index is 11.9. The normalized spacial score (nSPS) is 13.1. The third kappa shape index (κ3) is 5.94. The molecule has 0 fully saturated rings. The van der Waals surface area contributed by atoms with Crippen LogP contribution in [0.4, 0.5) is 13.2 Å². The molecule has 1 aromatic rings. The van der Waals surface area contributed by atoms with Crippen LogP contribution < -0.4 is 10.6 Å². The van der Waals surface area contributed by atoms with E-state index in [4.69, 9.17) is 11.6 Å². The van der Waals surface area contributed by atoms with E-state index in [0.29, 0.717) is 5.02 Å². The molecule has 0 aromatic heterocycles. The molecule has 1 aromatic carbocycles. The molecule has 19 heavy (non-hydrogen) atoms. The molecule has 0 radical (unpaired) electrons. The Morgan fingerprint density at radius 3 is 2.58 bits per heavy atom. The lowest BCUT2D eigenvalue weighted by atomic mass is 10.1. The van der Waals surface area contributed by atoms with Crippen molar-refractivity contribution in [1.29, 1.82) is 0 Å². The van der Waals surface area contributed by atoms with Crippen LogP contribution in [0.25, 0.3) is 0 Å². The average molecular weight is 295 g/mol. The molecule has 0 heterocycles. The van der Waals surface area contributed by atoms with Crippen LogP contribution in [0, 0.1) is 0 Å². The fraction of sp³-hybridized carbons (Fsp3) is 0.417. The molecule has 106 valence electrons. The lowest BCUT2D eigenvalue weighted by Gasteiger charge is -2.15. The van der Waals surface area contributed by atoms with E-state index >= 15 is 0 Å². The monoisotopic (exact) mass is 294 g/mol. The first-order valence-electron chi connectivity index (χ1n) is 5.61. The highest BCUT2D eigenvalue weighted by molar-refractivity contribution is 6.31. The zero-order valence-corrected chi connectivity index (χ0v) is 11.0. The summed E-state index contributed by atoms with van der Waals surface area (Å²) >= 11 is 5.97. The van der Waals surface area contributed by atoms with Gasteiger partial charge in [-0.25, -0.2) is 0 Å². The summed E-state index contributed by atoms with van der Waals surface area (Å²) in [6, 6.07) is 6.83. The first kappa shape index (κ1) is 15.8. The predicted octanol–water partition coefficient (Wildman–Crippen LogP) is 2.67. The van der Waals surface area contributed by atoms with Crippen molar-refractivity contribution in [2.24, 2.45) is 0 Å². The van der Waals surface area contributed by atoms with Crippen molar-refractivity contribution in [3.05, 3.63) is 34.9 Å². The number of hydrogen-bond donors (Lipinski definition) is 2. The Balaban J connectivity index is 2.40. The maximum absolute atomic E-state index is 11.9. The molecule has 0 saturated carbocycles. The Bertz CT molecular complexity index is 437. The zero-order valence-electron chi connectivity index (χ0n) is 10.2. The van der Waals surface area contributed by atoms with Gasteiger partial charge in [-0.3, -0.25) is 4.79 Å². The standard InChI is InChI=1S/C12H14ClF3N2O/c1-8(9-4-2-3-5-10(9)13)17-6-11(19)18-7-12(14,15)16/h2-5,8,17H,6-7H2,1H3,(H,18,19)/t8-/m0/s1. The molecule has 1 atom stereocenters. The first-order valence-corrected chi connectivity index (χ1v) is 5.98. The van der Waals surface area contributed by atoms with E-state index in [1.54, 1.807) is 36.5 Å². The van der Waals surface area contributed by atoms with E-state index in [1.807, 2.05) is 0 Å². The molecular formula is C12H14ClF3N2O. The molecule has 1 rings (SSSR count). The van der Waals surface area contributed by atoms with Crippen LogP contribution in [-0.4, -0.2) is 25.2 Å². The Morgan fingerprint density at radius 2 is 2.00 bits per heavy atom. The Morgan fingerprint density at radius 1 is 1.37 bits per heavy atom. The SMILES string of the molecule is C[C@H](NCC(=O)NCC(F)(F)F)c1ccccc1Cl. The second-order valence-corrected chi connectivity index (χ2v) is 4.42. The van der Waals surface area contributed by atoms with Crippen LogP contribution in [0.5, 0.6) is 0 Å². The van der Waals surface area contributed by atoms with Gasteiger partial charge in [-0.2, -0.15) is 13.2 Å². The van der Waals surface area contributed by atoms with Gasteiger partial charge in [-0.1, -0.05) is 29.8 Å². The molecule has 3 nitrogen and oxygen atoms in total. The number of nitrogens with one attached hydrogen (secondary N) is 2. The molecule has 0 aliphatic heterocycles. The van der Waals surface area contributed by atoms with Crippen molar-refractivity contribution in [1.82, 2.24) is 10.6 Å². The summed E-state index contributed by atoms with van der Waals surface area (Å²) in [4.78, 5) is 11.2. The lowest BCUT2D eigenvalue weighted by Crippen LogP contribution is -2.39. The minimum Gasteiger partial charge on any atom is -0.346 e. The summed E-state index contributed by atoms with van der Waals surface area (Å²) in [5.74, 6) is -0.712. The van der Waals surface area contributed by atoms with Crippen LogP contribution in [0.2, 0.25) is 5.02 Å². The first-order chi connectivity index (χ1) is 8.79. The van der Waals surface area contributed by atoms with Crippen LogP contribution in [0.1, 0.15) is 18.5 Å². The summed E-state index contributed by atoms with van der Waals surface area (Å²) in [5, 5.41) is 5.14. The van der Waals surface area contributed by atoms with Crippen molar-refractivity contribution in [2.75, 3.05) is 13.1 Å². The lowest BCUT2D eigenvalue weighted by molar-refractivity contribution is -0.137. The number of hydrogen-bond acceptors (Lipinski definition) is 2. The van der Waals surface area contributed by atoms with Gasteiger partial charge in [0.15, 0.2) is 0 Å². The highest BCUT2D eigenvalue weighted by Gasteiger charge is 2.27. The van der Waals surface area contributed by atoms with Gasteiger partial charge >= 0.3 is 6.18 Å². The minimum absolute atomic E-state index is 0.206. The summed E-state index contributed by atoms with van der Waals surface area (Å²) in [7, 11) is 0. The number of rotatable bonds is 5. The van der Waals surface area contributed by atoms with E-state index < -0.39 is 18.6 Å². The third-order valence-corrected chi connectivity index (χ3v) is 2.77. The van der Waals surface area contributed by atoms with E-state index in [-0.39, 0.29) is 12.6 Å². The molecule has 0 unspecified atom stereocenters.